The minimum absolute atomic E-state index is 1.03. The van der Waals surface area contributed by atoms with Gasteiger partial charge in [0.1, 0.15) is 0 Å². The summed E-state index contributed by atoms with van der Waals surface area (Å²) in [6.07, 6.45) is 3.34. The van der Waals surface area contributed by atoms with E-state index >= 15 is 0 Å². The lowest BCUT2D eigenvalue weighted by molar-refractivity contribution is 0.396. The third-order valence-corrected chi connectivity index (χ3v) is 13.8. The van der Waals surface area contributed by atoms with E-state index in [1.165, 1.54) is 10.8 Å². The molecule has 0 saturated heterocycles. The van der Waals surface area contributed by atoms with Gasteiger partial charge in [-0.1, -0.05) is 48.5 Å². The number of hydrogen-bond donors (Lipinski definition) is 0. The van der Waals surface area contributed by atoms with Crippen LogP contribution in [0.15, 0.2) is 35.5 Å². The second-order valence-electron chi connectivity index (χ2n) is 7.66. The minimum atomic E-state index is -2.09. The maximum atomic E-state index is 6.65. The third kappa shape index (κ3) is 6.75. The zero-order valence-corrected chi connectivity index (χ0v) is 18.5. The summed E-state index contributed by atoms with van der Waals surface area (Å²) in [6.45, 7) is 17.9. The summed E-state index contributed by atoms with van der Waals surface area (Å²) in [4.78, 5) is 0. The molecule has 5 heteroatoms. The fraction of sp³-hybridized carbons (Fsp3) is 0.529. The summed E-state index contributed by atoms with van der Waals surface area (Å²) in [5, 5.41) is 1.44. The van der Waals surface area contributed by atoms with Crippen LogP contribution in [0.1, 0.15) is 18.9 Å². The van der Waals surface area contributed by atoms with Crippen molar-refractivity contribution in [1.82, 2.24) is 0 Å². The molecule has 0 aliphatic heterocycles. The Kier molecular flexibility index (Phi) is 6.59. The Morgan fingerprint density at radius 1 is 0.909 bits per heavy atom. The van der Waals surface area contributed by atoms with Crippen molar-refractivity contribution in [1.29, 1.82) is 0 Å². The maximum absolute atomic E-state index is 6.65. The minimum Gasteiger partial charge on any atom is -0.437 e. The van der Waals surface area contributed by atoms with Crippen molar-refractivity contribution in [3.8, 4) is 0 Å². The molecule has 0 amide bonds. The van der Waals surface area contributed by atoms with Gasteiger partial charge in [0.25, 0.3) is 0 Å². The van der Waals surface area contributed by atoms with Gasteiger partial charge in [0.2, 0.25) is 8.32 Å². The highest BCUT2D eigenvalue weighted by molar-refractivity contribution is 6.90. The fourth-order valence-electron chi connectivity index (χ4n) is 2.89. The molecule has 0 aromatic heterocycles. The number of rotatable bonds is 7. The second kappa shape index (κ2) is 7.40. The van der Waals surface area contributed by atoms with Crippen molar-refractivity contribution in [3.05, 3.63) is 41.1 Å². The highest BCUT2D eigenvalue weighted by Crippen LogP contribution is 2.28. The van der Waals surface area contributed by atoms with Gasteiger partial charge in [-0.2, -0.15) is 0 Å². The Morgan fingerprint density at radius 3 is 1.91 bits per heavy atom. The molecule has 0 atom stereocenters. The van der Waals surface area contributed by atoms with Crippen LogP contribution < -0.4 is 0 Å². The molecular weight excluding hydrogens is 320 g/mol. The van der Waals surface area contributed by atoms with E-state index in [0.717, 1.165) is 6.42 Å². The van der Waals surface area contributed by atoms with E-state index in [1.54, 1.807) is 0 Å². The summed E-state index contributed by atoms with van der Waals surface area (Å²) in [7, 11) is -5.59. The Balaban J connectivity index is 2.97. The zero-order chi connectivity index (χ0) is 17.0. The molecule has 0 N–H and O–H groups in total. The second-order valence-corrected chi connectivity index (χ2v) is 20.0. The quantitative estimate of drug-likeness (QED) is 0.578. The topological polar surface area (TPSA) is 18.5 Å². The van der Waals surface area contributed by atoms with Crippen LogP contribution in [0.2, 0.25) is 45.8 Å². The van der Waals surface area contributed by atoms with Crippen molar-refractivity contribution >= 4 is 31.3 Å². The molecule has 0 heterocycles. The molecule has 22 heavy (non-hydrogen) atoms. The fourth-order valence-corrected chi connectivity index (χ4v) is 16.1. The average Bonchev–Trinajstić information content (AvgIpc) is 2.32. The smallest absolute Gasteiger partial charge is 0.311 e. The first kappa shape index (κ1) is 19.6. The van der Waals surface area contributed by atoms with Crippen LogP contribution in [0.3, 0.4) is 0 Å². The highest BCUT2D eigenvalue weighted by Gasteiger charge is 2.39. The van der Waals surface area contributed by atoms with Crippen molar-refractivity contribution < 1.29 is 8.23 Å². The lowest BCUT2D eigenvalue weighted by Crippen LogP contribution is -2.52. The van der Waals surface area contributed by atoms with Gasteiger partial charge in [0.05, 0.1) is 0 Å². The normalized spacial score (nSPS) is 14.3. The molecule has 0 radical (unpaired) electrons. The Labute approximate surface area is 140 Å². The van der Waals surface area contributed by atoms with Crippen LogP contribution in [0.4, 0.5) is 0 Å². The van der Waals surface area contributed by atoms with E-state index in [-0.39, 0.29) is 0 Å². The standard InChI is InChI=1S/C17H32O2Si3/c1-9-17(15-16-13-11-10-12-14-16)21(5,6)19-22(7,8)18-20(2,3)4/h10-15H,9H2,1-8H3. The van der Waals surface area contributed by atoms with Crippen LogP contribution >= 0.6 is 0 Å². The van der Waals surface area contributed by atoms with Crippen LogP contribution in [-0.2, 0) is 8.23 Å². The average molecular weight is 353 g/mol. The Bertz CT molecular complexity index is 502. The number of benzene rings is 1. The predicted molar refractivity (Wildman–Crippen MR) is 105 cm³/mol. The van der Waals surface area contributed by atoms with Gasteiger partial charge in [0.15, 0.2) is 8.32 Å². The van der Waals surface area contributed by atoms with Gasteiger partial charge in [-0.15, -0.1) is 0 Å². The Morgan fingerprint density at radius 2 is 1.45 bits per heavy atom. The molecule has 0 aliphatic carbocycles. The maximum Gasteiger partial charge on any atom is 0.311 e. The van der Waals surface area contributed by atoms with E-state index in [0.29, 0.717) is 0 Å². The van der Waals surface area contributed by atoms with Crippen molar-refractivity contribution in [2.75, 3.05) is 0 Å². The monoisotopic (exact) mass is 352 g/mol. The summed E-state index contributed by atoms with van der Waals surface area (Å²) < 4.78 is 13.0. The first-order chi connectivity index (χ1) is 9.95. The highest BCUT2D eigenvalue weighted by atomic mass is 28.5. The molecule has 0 aliphatic rings. The third-order valence-electron chi connectivity index (χ3n) is 3.35. The van der Waals surface area contributed by atoms with Gasteiger partial charge in [-0.05, 0) is 57.8 Å². The molecule has 1 aromatic rings. The summed E-state index contributed by atoms with van der Waals surface area (Å²) in [5.74, 6) is 0. The van der Waals surface area contributed by atoms with Gasteiger partial charge < -0.3 is 8.23 Å². The van der Waals surface area contributed by atoms with Crippen molar-refractivity contribution in [3.63, 3.8) is 0 Å². The lowest BCUT2D eigenvalue weighted by Gasteiger charge is -2.38. The molecule has 1 aromatic carbocycles. The van der Waals surface area contributed by atoms with Gasteiger partial charge in [-0.3, -0.25) is 0 Å². The van der Waals surface area contributed by atoms with Gasteiger partial charge in [-0.25, -0.2) is 0 Å². The molecule has 0 fully saturated rings. The van der Waals surface area contributed by atoms with Crippen LogP contribution in [0.5, 0.6) is 0 Å². The first-order valence-electron chi connectivity index (χ1n) is 8.12. The molecule has 0 saturated carbocycles. The summed E-state index contributed by atoms with van der Waals surface area (Å²) in [5.41, 5.74) is 1.26. The van der Waals surface area contributed by atoms with Gasteiger partial charge in [0, 0.05) is 0 Å². The van der Waals surface area contributed by atoms with Crippen molar-refractivity contribution in [2.45, 2.75) is 59.2 Å². The van der Waals surface area contributed by atoms with E-state index in [4.69, 9.17) is 8.23 Å². The number of allylic oxidation sites excluding steroid dienone is 1. The molecule has 0 bridgehead atoms. The van der Waals surface area contributed by atoms with Gasteiger partial charge >= 0.3 is 8.56 Å². The molecule has 0 unspecified atom stereocenters. The van der Waals surface area contributed by atoms with Crippen LogP contribution in [0, 0.1) is 0 Å². The molecule has 0 spiro atoms. The first-order valence-corrected chi connectivity index (χ1v) is 17.2. The van der Waals surface area contributed by atoms with E-state index in [2.05, 4.69) is 89.2 Å². The largest absolute Gasteiger partial charge is 0.437 e. The summed E-state index contributed by atoms with van der Waals surface area (Å²) >= 11 is 0. The molecular formula is C17H32O2Si3. The van der Waals surface area contributed by atoms with Crippen LogP contribution in [-0.4, -0.2) is 25.2 Å². The zero-order valence-electron chi connectivity index (χ0n) is 15.5. The van der Waals surface area contributed by atoms with E-state index in [1.807, 2.05) is 0 Å². The van der Waals surface area contributed by atoms with E-state index < -0.39 is 25.2 Å². The predicted octanol–water partition coefficient (Wildman–Crippen LogP) is 5.79. The summed E-state index contributed by atoms with van der Waals surface area (Å²) in [6, 6.07) is 10.5. The number of hydrogen-bond acceptors (Lipinski definition) is 2. The van der Waals surface area contributed by atoms with Crippen LogP contribution in [0.25, 0.3) is 6.08 Å². The molecule has 2 nitrogen and oxygen atoms in total. The van der Waals surface area contributed by atoms with E-state index in [9.17, 15) is 0 Å². The lowest BCUT2D eigenvalue weighted by atomic mass is 10.2. The molecule has 1 rings (SSSR count). The SMILES string of the molecule is CCC(=Cc1ccccc1)[Si](C)(C)O[Si](C)(C)O[Si](C)(C)C. The van der Waals surface area contributed by atoms with Crippen molar-refractivity contribution in [2.24, 2.45) is 0 Å². The Hall–Kier alpha value is -0.469. The molecule has 124 valence electrons.